The van der Waals surface area contributed by atoms with Gasteiger partial charge in [0.1, 0.15) is 28.3 Å². The van der Waals surface area contributed by atoms with Crippen LogP contribution in [0.25, 0.3) is 10.2 Å². The van der Waals surface area contributed by atoms with Gasteiger partial charge in [0.15, 0.2) is 0 Å². The number of carbonyl (C=O) groups is 1. The summed E-state index contributed by atoms with van der Waals surface area (Å²) in [5.74, 6) is 1.20. The van der Waals surface area contributed by atoms with E-state index in [2.05, 4.69) is 25.3 Å². The number of anilines is 2. The second-order valence-corrected chi connectivity index (χ2v) is 9.82. The lowest BCUT2D eigenvalue weighted by molar-refractivity contribution is 0.0227. The Labute approximate surface area is 189 Å². The van der Waals surface area contributed by atoms with Crippen LogP contribution in [0.2, 0.25) is 0 Å². The predicted octanol–water partition coefficient (Wildman–Crippen LogP) is 4.06. The highest BCUT2D eigenvalue weighted by atomic mass is 32.1. The summed E-state index contributed by atoms with van der Waals surface area (Å²) < 4.78 is 11.1. The fraction of sp³-hybridized carbons (Fsp3) is 0.409. The van der Waals surface area contributed by atoms with Crippen LogP contribution in [0.4, 0.5) is 16.3 Å². The van der Waals surface area contributed by atoms with Gasteiger partial charge < -0.3 is 19.7 Å². The topological polar surface area (TPSA) is 102 Å². The van der Waals surface area contributed by atoms with E-state index in [0.717, 1.165) is 32.0 Å². The third-order valence-corrected chi connectivity index (χ3v) is 6.43. The van der Waals surface area contributed by atoms with E-state index in [1.165, 1.54) is 5.56 Å². The summed E-state index contributed by atoms with van der Waals surface area (Å²) >= 11 is 1.59. The van der Waals surface area contributed by atoms with Gasteiger partial charge in [0.25, 0.3) is 0 Å². The zero-order chi connectivity index (χ0) is 22.5. The number of nitrogens with one attached hydrogen (secondary N) is 1. The minimum Gasteiger partial charge on any atom is -0.480 e. The Morgan fingerprint density at radius 2 is 2.12 bits per heavy atom. The lowest BCUT2D eigenvalue weighted by Crippen LogP contribution is -2.39. The van der Waals surface area contributed by atoms with E-state index in [9.17, 15) is 4.79 Å². The minimum absolute atomic E-state index is 0.291. The molecule has 3 aromatic heterocycles. The molecule has 0 spiro atoms. The summed E-state index contributed by atoms with van der Waals surface area (Å²) in [6.45, 7) is 7.28. The van der Waals surface area contributed by atoms with Gasteiger partial charge in [0, 0.05) is 23.2 Å². The Morgan fingerprint density at radius 1 is 1.28 bits per heavy atom. The van der Waals surface area contributed by atoms with E-state index in [-0.39, 0.29) is 6.09 Å². The highest BCUT2D eigenvalue weighted by molar-refractivity contribution is 7.19. The van der Waals surface area contributed by atoms with Gasteiger partial charge in [-0.1, -0.05) is 0 Å². The number of aromatic nitrogens is 3. The molecule has 0 aliphatic carbocycles. The van der Waals surface area contributed by atoms with Crippen molar-refractivity contribution in [3.05, 3.63) is 34.1 Å². The maximum Gasteiger partial charge on any atom is 0.410 e. The normalized spacial score (nSPS) is 14.9. The first-order valence-corrected chi connectivity index (χ1v) is 11.2. The van der Waals surface area contributed by atoms with Crippen molar-refractivity contribution in [1.29, 1.82) is 0 Å². The van der Waals surface area contributed by atoms with E-state index in [4.69, 9.17) is 9.47 Å². The average Bonchev–Trinajstić information content (AvgIpc) is 3.35. The number of nitrogens with zero attached hydrogens (tertiary/aromatic N) is 5. The molecular weight excluding hydrogens is 428 g/mol. The number of ether oxygens (including phenoxy) is 2. The van der Waals surface area contributed by atoms with E-state index >= 15 is 0 Å². The van der Waals surface area contributed by atoms with Crippen LogP contribution in [-0.2, 0) is 24.2 Å². The van der Waals surface area contributed by atoms with Crippen molar-refractivity contribution in [1.82, 2.24) is 19.9 Å². The molecule has 0 fully saturated rings. The molecular formula is C22H24N6O3S. The van der Waals surface area contributed by atoms with Crippen molar-refractivity contribution in [3.63, 3.8) is 0 Å². The Balaban J connectivity index is 1.48. The maximum absolute atomic E-state index is 12.5. The van der Waals surface area contributed by atoms with Crippen LogP contribution in [0.5, 0.6) is 5.88 Å². The fourth-order valence-electron chi connectivity index (χ4n) is 3.89. The standard InChI is InChI=1S/C22H24N6O3S/c1-22(2,3)31-21(29)28-6-5-13-16(10-28)32-20-17(13)18(24-11-25-20)26-14-7-12-8-23-9-15(12)27-19(14)30-4/h7-8,11H,5-6,9-10H2,1-4H3,(H,24,25,26). The molecule has 2 aliphatic heterocycles. The molecule has 10 heteroatoms. The van der Waals surface area contributed by atoms with Gasteiger partial charge in [0.2, 0.25) is 5.88 Å². The van der Waals surface area contributed by atoms with E-state index in [1.807, 2.05) is 33.1 Å². The van der Waals surface area contributed by atoms with E-state index < -0.39 is 5.60 Å². The Bertz CT molecular complexity index is 1250. The van der Waals surface area contributed by atoms with Gasteiger partial charge in [-0.2, -0.15) is 0 Å². The van der Waals surface area contributed by atoms with Gasteiger partial charge in [-0.25, -0.2) is 19.7 Å². The van der Waals surface area contributed by atoms with Crippen molar-refractivity contribution < 1.29 is 14.3 Å². The lowest BCUT2D eigenvalue weighted by Gasteiger charge is -2.30. The van der Waals surface area contributed by atoms with Gasteiger partial charge in [0.05, 0.1) is 31.3 Å². The molecule has 2 aliphatic rings. The number of amides is 1. The summed E-state index contributed by atoms with van der Waals surface area (Å²) in [5.41, 5.74) is 3.25. The summed E-state index contributed by atoms with van der Waals surface area (Å²) in [4.78, 5) is 34.1. The van der Waals surface area contributed by atoms with Gasteiger partial charge in [-0.3, -0.25) is 4.99 Å². The largest absolute Gasteiger partial charge is 0.480 e. The minimum atomic E-state index is -0.520. The quantitative estimate of drug-likeness (QED) is 0.639. The van der Waals surface area contributed by atoms with Crippen LogP contribution in [0.1, 0.15) is 42.5 Å². The molecule has 1 amide bonds. The van der Waals surface area contributed by atoms with Crippen LogP contribution >= 0.6 is 11.3 Å². The molecule has 0 saturated heterocycles. The van der Waals surface area contributed by atoms with Crippen LogP contribution in [0, 0.1) is 0 Å². The molecule has 9 nitrogen and oxygen atoms in total. The SMILES string of the molecule is COc1nc2c(cc1Nc1ncnc3sc4c(c13)CCN(C(=O)OC(C)(C)C)C4)C=NC2. The molecule has 0 atom stereocenters. The highest BCUT2D eigenvalue weighted by Crippen LogP contribution is 2.39. The molecule has 5 heterocycles. The average molecular weight is 453 g/mol. The Hall–Kier alpha value is -3.27. The zero-order valence-corrected chi connectivity index (χ0v) is 19.2. The van der Waals surface area contributed by atoms with Gasteiger partial charge in [-0.15, -0.1) is 11.3 Å². The van der Waals surface area contributed by atoms with E-state index in [0.29, 0.717) is 37.8 Å². The molecule has 0 radical (unpaired) electrons. The molecule has 1 N–H and O–H groups in total. The molecule has 166 valence electrons. The second kappa shape index (κ2) is 7.70. The zero-order valence-electron chi connectivity index (χ0n) is 18.4. The molecule has 0 bridgehead atoms. The molecule has 32 heavy (non-hydrogen) atoms. The van der Waals surface area contributed by atoms with Crippen molar-refractivity contribution >= 4 is 45.4 Å². The summed E-state index contributed by atoms with van der Waals surface area (Å²) in [6, 6.07) is 1.98. The van der Waals surface area contributed by atoms with Crippen LogP contribution in [0.3, 0.4) is 0 Å². The summed E-state index contributed by atoms with van der Waals surface area (Å²) in [7, 11) is 1.60. The first-order chi connectivity index (χ1) is 15.3. The number of methoxy groups -OCH3 is 1. The number of hydrogen-bond acceptors (Lipinski definition) is 9. The number of pyridine rings is 1. The Morgan fingerprint density at radius 3 is 2.91 bits per heavy atom. The first kappa shape index (κ1) is 20.6. The third kappa shape index (κ3) is 3.75. The highest BCUT2D eigenvalue weighted by Gasteiger charge is 2.29. The summed E-state index contributed by atoms with van der Waals surface area (Å²) in [6.07, 6.45) is 3.79. The number of hydrogen-bond donors (Lipinski definition) is 1. The summed E-state index contributed by atoms with van der Waals surface area (Å²) in [5, 5.41) is 4.38. The third-order valence-electron chi connectivity index (χ3n) is 5.31. The van der Waals surface area contributed by atoms with Crippen molar-refractivity contribution in [2.75, 3.05) is 19.0 Å². The fourth-order valence-corrected chi connectivity index (χ4v) is 5.10. The second-order valence-electron chi connectivity index (χ2n) is 8.73. The van der Waals surface area contributed by atoms with Gasteiger partial charge >= 0.3 is 6.09 Å². The van der Waals surface area contributed by atoms with Crippen LogP contribution in [-0.4, -0.2) is 51.4 Å². The molecule has 0 unspecified atom stereocenters. The Kier molecular flexibility index (Phi) is 4.96. The number of carbonyl (C=O) groups excluding carboxylic acids is 1. The van der Waals surface area contributed by atoms with Gasteiger partial charge in [-0.05, 0) is 38.8 Å². The monoisotopic (exact) mass is 452 g/mol. The molecule has 3 aromatic rings. The van der Waals surface area contributed by atoms with Crippen molar-refractivity contribution in [2.45, 2.75) is 45.9 Å². The lowest BCUT2D eigenvalue weighted by atomic mass is 10.1. The first-order valence-electron chi connectivity index (χ1n) is 10.4. The number of fused-ring (bicyclic) bond motifs is 4. The number of thiophene rings is 1. The maximum atomic E-state index is 12.5. The molecule has 5 rings (SSSR count). The smallest absolute Gasteiger partial charge is 0.410 e. The molecule has 0 saturated carbocycles. The van der Waals surface area contributed by atoms with Crippen LogP contribution < -0.4 is 10.1 Å². The van der Waals surface area contributed by atoms with Crippen molar-refractivity contribution in [3.8, 4) is 5.88 Å². The van der Waals surface area contributed by atoms with Crippen LogP contribution in [0.15, 0.2) is 17.4 Å². The predicted molar refractivity (Wildman–Crippen MR) is 123 cm³/mol. The molecule has 0 aromatic carbocycles. The number of aliphatic imine (C=N–C) groups is 1. The van der Waals surface area contributed by atoms with E-state index in [1.54, 1.807) is 29.7 Å². The van der Waals surface area contributed by atoms with Crippen molar-refractivity contribution in [2.24, 2.45) is 4.99 Å². The number of rotatable bonds is 3.